The van der Waals surface area contributed by atoms with Gasteiger partial charge >= 0.3 is 0 Å². The molecule has 118 valence electrons. The van der Waals surface area contributed by atoms with Crippen LogP contribution in [0.25, 0.3) is 0 Å². The molecule has 0 radical (unpaired) electrons. The smallest absolute Gasteiger partial charge is 0.214 e. The van der Waals surface area contributed by atoms with E-state index < -0.39 is 10.0 Å². The van der Waals surface area contributed by atoms with E-state index >= 15 is 0 Å². The number of nitrogens with two attached hydrogens (primary N) is 1. The van der Waals surface area contributed by atoms with Gasteiger partial charge in [0, 0.05) is 31.9 Å². The van der Waals surface area contributed by atoms with Crippen molar-refractivity contribution in [3.63, 3.8) is 0 Å². The molecule has 2 N–H and O–H groups in total. The Labute approximate surface area is 132 Å². The molecule has 0 aliphatic heterocycles. The average Bonchev–Trinajstić information content (AvgIpc) is 2.42. The summed E-state index contributed by atoms with van der Waals surface area (Å²) in [4.78, 5) is 4.34. The van der Waals surface area contributed by atoms with Gasteiger partial charge in [-0.2, -0.15) is 4.31 Å². The van der Waals surface area contributed by atoms with Crippen LogP contribution in [0.1, 0.15) is 32.3 Å². The monoisotopic (exact) mass is 329 g/mol. The van der Waals surface area contributed by atoms with Gasteiger partial charge in [-0.3, -0.25) is 4.98 Å². The first-order valence-electron chi connectivity index (χ1n) is 6.96. The fraction of sp³-hybridized carbons (Fsp3) is 0.571. The Hall–Kier alpha value is -1.05. The standard InChI is InChI=1S/C14H23N3O2S2/c1-12(2)6-9-21(18,19)17(8-5-14(15)20)11-13-4-3-7-16-10-13/h3-4,7,10,12H,5-6,8-9,11H2,1-2H3,(H2,15,20). The van der Waals surface area contributed by atoms with Crippen molar-refractivity contribution in [1.29, 1.82) is 0 Å². The Morgan fingerprint density at radius 3 is 2.71 bits per heavy atom. The Bertz CT molecular complexity index is 545. The van der Waals surface area contributed by atoms with Gasteiger partial charge in [0.2, 0.25) is 10.0 Å². The second kappa shape index (κ2) is 8.41. The van der Waals surface area contributed by atoms with E-state index in [0.29, 0.717) is 36.8 Å². The molecule has 0 atom stereocenters. The predicted octanol–water partition coefficient (Wildman–Crippen LogP) is 1.94. The summed E-state index contributed by atoms with van der Waals surface area (Å²) in [5.41, 5.74) is 6.35. The van der Waals surface area contributed by atoms with Crippen LogP contribution in [0.3, 0.4) is 0 Å². The summed E-state index contributed by atoms with van der Waals surface area (Å²) in [7, 11) is -3.32. The molecule has 0 unspecified atom stereocenters. The second-order valence-electron chi connectivity index (χ2n) is 5.41. The molecule has 21 heavy (non-hydrogen) atoms. The molecule has 0 saturated carbocycles. The summed E-state index contributed by atoms with van der Waals surface area (Å²) in [6.45, 7) is 4.63. The number of hydrogen-bond acceptors (Lipinski definition) is 4. The summed E-state index contributed by atoms with van der Waals surface area (Å²) >= 11 is 4.85. The number of nitrogens with zero attached hydrogens (tertiary/aromatic N) is 2. The highest BCUT2D eigenvalue weighted by molar-refractivity contribution is 7.89. The molecule has 0 aromatic carbocycles. The zero-order chi connectivity index (χ0) is 15.9. The van der Waals surface area contributed by atoms with Crippen LogP contribution in [0.15, 0.2) is 24.5 Å². The van der Waals surface area contributed by atoms with Gasteiger partial charge in [-0.25, -0.2) is 8.42 Å². The summed E-state index contributed by atoms with van der Waals surface area (Å²) in [6.07, 6.45) is 4.36. The number of sulfonamides is 1. The molecule has 5 nitrogen and oxygen atoms in total. The molecule has 1 rings (SSSR count). The molecule has 7 heteroatoms. The quantitative estimate of drug-likeness (QED) is 0.701. The summed E-state index contributed by atoms with van der Waals surface area (Å²) < 4.78 is 26.4. The van der Waals surface area contributed by atoms with Crippen LogP contribution in [0, 0.1) is 5.92 Å². The molecular weight excluding hydrogens is 306 g/mol. The normalized spacial score (nSPS) is 12.0. The summed E-state index contributed by atoms with van der Waals surface area (Å²) in [6, 6.07) is 3.65. The lowest BCUT2D eigenvalue weighted by Gasteiger charge is -2.22. The van der Waals surface area contributed by atoms with E-state index in [1.165, 1.54) is 4.31 Å². The second-order valence-corrected chi connectivity index (χ2v) is 8.02. The van der Waals surface area contributed by atoms with E-state index in [2.05, 4.69) is 4.98 Å². The largest absolute Gasteiger partial charge is 0.393 e. The number of thiocarbonyl (C=S) groups is 1. The molecule has 0 fully saturated rings. The lowest BCUT2D eigenvalue weighted by molar-refractivity contribution is 0.411. The minimum Gasteiger partial charge on any atom is -0.393 e. The van der Waals surface area contributed by atoms with E-state index in [0.717, 1.165) is 5.56 Å². The van der Waals surface area contributed by atoms with Gasteiger partial charge in [0.1, 0.15) is 0 Å². The number of hydrogen-bond donors (Lipinski definition) is 1. The summed E-state index contributed by atoms with van der Waals surface area (Å²) in [5, 5.41) is 0. The number of aromatic nitrogens is 1. The lowest BCUT2D eigenvalue weighted by Crippen LogP contribution is -2.35. The first kappa shape index (κ1) is 18.0. The molecule has 0 saturated heterocycles. The van der Waals surface area contributed by atoms with Crippen molar-refractivity contribution in [2.24, 2.45) is 11.7 Å². The van der Waals surface area contributed by atoms with E-state index in [9.17, 15) is 8.42 Å². The van der Waals surface area contributed by atoms with Crippen LogP contribution < -0.4 is 5.73 Å². The van der Waals surface area contributed by atoms with Gasteiger partial charge in [0.05, 0.1) is 10.7 Å². The van der Waals surface area contributed by atoms with E-state index in [4.69, 9.17) is 18.0 Å². The van der Waals surface area contributed by atoms with E-state index in [1.807, 2.05) is 19.9 Å². The van der Waals surface area contributed by atoms with Gasteiger partial charge in [0.25, 0.3) is 0 Å². The van der Waals surface area contributed by atoms with Crippen LogP contribution in [-0.2, 0) is 16.6 Å². The minimum atomic E-state index is -3.32. The molecule has 0 bridgehead atoms. The third kappa shape index (κ3) is 6.97. The summed E-state index contributed by atoms with van der Waals surface area (Å²) in [5.74, 6) is 0.484. The molecule has 1 aromatic rings. The fourth-order valence-corrected chi connectivity index (χ4v) is 3.59. The highest BCUT2D eigenvalue weighted by atomic mass is 32.2. The molecule has 1 heterocycles. The third-order valence-corrected chi connectivity index (χ3v) is 5.09. The van der Waals surface area contributed by atoms with Crippen LogP contribution in [0.5, 0.6) is 0 Å². The maximum absolute atomic E-state index is 12.5. The van der Waals surface area contributed by atoms with Gasteiger partial charge in [0.15, 0.2) is 0 Å². The van der Waals surface area contributed by atoms with Crippen LogP contribution >= 0.6 is 12.2 Å². The van der Waals surface area contributed by atoms with E-state index in [1.54, 1.807) is 18.5 Å². The first-order chi connectivity index (χ1) is 9.81. The number of pyridine rings is 1. The van der Waals surface area contributed by atoms with Gasteiger partial charge in [-0.15, -0.1) is 0 Å². The molecular formula is C14H23N3O2S2. The third-order valence-electron chi connectivity index (χ3n) is 3.04. The topological polar surface area (TPSA) is 76.3 Å². The average molecular weight is 329 g/mol. The highest BCUT2D eigenvalue weighted by Gasteiger charge is 2.22. The molecule has 0 spiro atoms. The Kier molecular flexibility index (Phi) is 7.21. The maximum atomic E-state index is 12.5. The van der Waals surface area contributed by atoms with Crippen molar-refractivity contribution in [2.45, 2.75) is 33.2 Å². The predicted molar refractivity (Wildman–Crippen MR) is 89.3 cm³/mol. The highest BCUT2D eigenvalue weighted by Crippen LogP contribution is 2.13. The molecule has 0 aliphatic carbocycles. The zero-order valence-electron chi connectivity index (χ0n) is 12.5. The Morgan fingerprint density at radius 2 is 2.19 bits per heavy atom. The van der Waals surface area contributed by atoms with Gasteiger partial charge in [-0.1, -0.05) is 32.1 Å². The lowest BCUT2D eigenvalue weighted by atomic mass is 10.2. The Balaban J connectivity index is 2.82. The number of rotatable bonds is 9. The maximum Gasteiger partial charge on any atom is 0.214 e. The zero-order valence-corrected chi connectivity index (χ0v) is 14.2. The molecule has 0 amide bonds. The fourth-order valence-electron chi connectivity index (χ4n) is 1.76. The van der Waals surface area contributed by atoms with Crippen LogP contribution in [0.2, 0.25) is 0 Å². The van der Waals surface area contributed by atoms with Crippen LogP contribution in [-0.4, -0.2) is 35.0 Å². The van der Waals surface area contributed by atoms with Crippen molar-refractivity contribution < 1.29 is 8.42 Å². The first-order valence-corrected chi connectivity index (χ1v) is 8.98. The Morgan fingerprint density at radius 1 is 1.48 bits per heavy atom. The minimum absolute atomic E-state index is 0.141. The van der Waals surface area contributed by atoms with Gasteiger partial charge < -0.3 is 5.73 Å². The SMILES string of the molecule is CC(C)CCS(=O)(=O)N(CCC(N)=S)Cc1cccnc1. The van der Waals surface area contributed by atoms with E-state index in [-0.39, 0.29) is 5.75 Å². The van der Waals surface area contributed by atoms with Crippen molar-refractivity contribution in [3.8, 4) is 0 Å². The van der Waals surface area contributed by atoms with Crippen molar-refractivity contribution >= 4 is 27.2 Å². The molecule has 1 aromatic heterocycles. The van der Waals surface area contributed by atoms with Gasteiger partial charge in [-0.05, 0) is 24.0 Å². The van der Waals surface area contributed by atoms with Crippen LogP contribution in [0.4, 0.5) is 0 Å². The molecule has 0 aliphatic rings. The van der Waals surface area contributed by atoms with Crippen molar-refractivity contribution in [1.82, 2.24) is 9.29 Å². The van der Waals surface area contributed by atoms with Crippen molar-refractivity contribution in [3.05, 3.63) is 30.1 Å². The van der Waals surface area contributed by atoms with Crippen molar-refractivity contribution in [2.75, 3.05) is 12.3 Å².